The largest absolute Gasteiger partial charge is 0.471 e. The number of nitrogens with one attached hydrogen (secondary N) is 3. The van der Waals surface area contributed by atoms with Crippen molar-refractivity contribution in [3.8, 4) is 17.1 Å². The molecular formula is C39H48N6O8S. The summed E-state index contributed by atoms with van der Waals surface area (Å²) in [6.07, 6.45) is 2.35. The van der Waals surface area contributed by atoms with Crippen LogP contribution in [-0.4, -0.2) is 89.2 Å². The molecule has 2 saturated carbocycles. The van der Waals surface area contributed by atoms with Gasteiger partial charge in [-0.1, -0.05) is 70.5 Å². The number of rotatable bonds is 7. The quantitative estimate of drug-likeness (QED) is 0.318. The monoisotopic (exact) mass is 760 g/mol. The minimum atomic E-state index is -3.87. The molecule has 4 aliphatic rings. The van der Waals surface area contributed by atoms with E-state index in [0.29, 0.717) is 42.4 Å². The molecule has 0 radical (unpaired) electrons. The molecule has 54 heavy (non-hydrogen) atoms. The summed E-state index contributed by atoms with van der Waals surface area (Å²) in [7, 11) is -3.87. The Balaban J connectivity index is 1.25. The Bertz CT molecular complexity index is 2070. The Morgan fingerprint density at radius 1 is 1.04 bits per heavy atom. The number of benzene rings is 2. The molecule has 0 unspecified atom stereocenters. The molecule has 2 aliphatic carbocycles. The average molecular weight is 761 g/mol. The van der Waals surface area contributed by atoms with Gasteiger partial charge in [-0.25, -0.2) is 23.2 Å². The van der Waals surface area contributed by atoms with Gasteiger partial charge in [-0.3, -0.25) is 19.1 Å². The number of aryl methyl sites for hydroxylation is 1. The van der Waals surface area contributed by atoms with Crippen molar-refractivity contribution in [1.29, 1.82) is 0 Å². The van der Waals surface area contributed by atoms with E-state index in [1.807, 2.05) is 55.5 Å². The number of fused-ring (bicyclic) bond motifs is 4. The van der Waals surface area contributed by atoms with E-state index in [1.54, 1.807) is 20.8 Å². The first-order valence-corrected chi connectivity index (χ1v) is 20.4. The van der Waals surface area contributed by atoms with E-state index >= 15 is 0 Å². The van der Waals surface area contributed by atoms with E-state index in [0.717, 1.165) is 24.0 Å². The highest BCUT2D eigenvalue weighted by Gasteiger charge is 2.62. The fraction of sp³-hybridized carbons (Fsp3) is 0.538. The molecule has 3 aromatic rings. The lowest BCUT2D eigenvalue weighted by atomic mass is 9.85. The Hall–Kier alpha value is -4.79. The lowest BCUT2D eigenvalue weighted by Crippen LogP contribution is -2.60. The van der Waals surface area contributed by atoms with Crippen LogP contribution in [0.3, 0.4) is 0 Å². The van der Waals surface area contributed by atoms with E-state index in [2.05, 4.69) is 15.4 Å². The molecule has 7 rings (SSSR count). The number of cyclic esters (lactones) is 1. The summed E-state index contributed by atoms with van der Waals surface area (Å²) in [4.78, 5) is 66.9. The number of nitrogens with zero attached hydrogens (tertiary/aromatic N) is 3. The summed E-state index contributed by atoms with van der Waals surface area (Å²) in [5, 5.41) is 5.01. The van der Waals surface area contributed by atoms with Gasteiger partial charge in [0.2, 0.25) is 27.7 Å². The zero-order valence-corrected chi connectivity index (χ0v) is 31.9. The molecule has 2 aliphatic heterocycles. The maximum Gasteiger partial charge on any atom is 0.407 e. The number of hydrogen-bond donors (Lipinski definition) is 3. The highest BCUT2D eigenvalue weighted by molar-refractivity contribution is 7.91. The van der Waals surface area contributed by atoms with Gasteiger partial charge in [-0.05, 0) is 67.6 Å². The molecule has 1 saturated heterocycles. The lowest BCUT2D eigenvalue weighted by Gasteiger charge is -2.35. The lowest BCUT2D eigenvalue weighted by molar-refractivity contribution is -0.143. The third-order valence-electron chi connectivity index (χ3n) is 10.9. The maximum absolute atomic E-state index is 14.6. The van der Waals surface area contributed by atoms with Gasteiger partial charge in [0.1, 0.15) is 29.4 Å². The molecule has 5 atom stereocenters. The Labute approximate surface area is 315 Å². The summed E-state index contributed by atoms with van der Waals surface area (Å²) in [6.45, 7) is 7.40. The van der Waals surface area contributed by atoms with Crippen molar-refractivity contribution >= 4 is 44.9 Å². The second-order valence-corrected chi connectivity index (χ2v) is 18.0. The Morgan fingerprint density at radius 3 is 2.48 bits per heavy atom. The molecule has 3 heterocycles. The van der Waals surface area contributed by atoms with Gasteiger partial charge in [0.05, 0.1) is 29.4 Å². The van der Waals surface area contributed by atoms with Gasteiger partial charge in [0.15, 0.2) is 0 Å². The maximum atomic E-state index is 14.6. The molecule has 3 N–H and O–H groups in total. The zero-order chi connectivity index (χ0) is 38.4. The van der Waals surface area contributed by atoms with E-state index < -0.39 is 68.2 Å². The normalized spacial score (nSPS) is 26.3. The van der Waals surface area contributed by atoms with Gasteiger partial charge in [-0.2, -0.15) is 0 Å². The molecule has 0 spiro atoms. The number of amides is 4. The number of aromatic nitrogens is 2. The summed E-state index contributed by atoms with van der Waals surface area (Å²) in [6, 6.07) is 13.2. The first kappa shape index (κ1) is 37.5. The third-order valence-corrected chi connectivity index (χ3v) is 12.7. The molecule has 15 heteroatoms. The van der Waals surface area contributed by atoms with Crippen LogP contribution in [0.25, 0.3) is 22.3 Å². The van der Waals surface area contributed by atoms with E-state index in [9.17, 15) is 27.6 Å². The van der Waals surface area contributed by atoms with Crippen molar-refractivity contribution in [1.82, 2.24) is 30.2 Å². The summed E-state index contributed by atoms with van der Waals surface area (Å²) < 4.78 is 39.9. The number of alkyl carbamates (subject to hydrolysis) is 1. The smallest absolute Gasteiger partial charge is 0.407 e. The third kappa shape index (κ3) is 7.73. The fourth-order valence-electron chi connectivity index (χ4n) is 7.50. The van der Waals surface area contributed by atoms with Crippen molar-refractivity contribution in [3.63, 3.8) is 0 Å². The average Bonchev–Trinajstić information content (AvgIpc) is 4.06. The molecule has 4 amide bonds. The van der Waals surface area contributed by atoms with Crippen molar-refractivity contribution in [2.75, 3.05) is 13.2 Å². The minimum Gasteiger partial charge on any atom is -0.471 e. The first-order valence-electron chi connectivity index (χ1n) is 18.8. The molecule has 5 bridgehead atoms. The van der Waals surface area contributed by atoms with Crippen LogP contribution < -0.4 is 20.1 Å². The Morgan fingerprint density at radius 2 is 1.80 bits per heavy atom. The number of sulfonamides is 1. The fourth-order valence-corrected chi connectivity index (χ4v) is 8.87. The SMILES string of the molecule is CC[C@@H]1C[C@@]1(NC(=O)[C@@H]1C[C@@H]2CN1C(=O)[C@H](C(C)(C)C)NC(=O)OCCCCc1ccc3nc(-c4ccccc4)c(nc3c1)O2)C(=O)NS(=O)(=O)C1CC1. The van der Waals surface area contributed by atoms with Gasteiger partial charge in [0, 0.05) is 12.0 Å². The van der Waals surface area contributed by atoms with Crippen LogP contribution in [-0.2, 0) is 35.6 Å². The summed E-state index contributed by atoms with van der Waals surface area (Å²) in [5.74, 6) is -1.97. The zero-order valence-electron chi connectivity index (χ0n) is 31.1. The van der Waals surface area contributed by atoms with Crippen molar-refractivity contribution in [2.45, 2.75) is 108 Å². The molecule has 3 fully saturated rings. The molecular weight excluding hydrogens is 713 g/mol. The second kappa shape index (κ2) is 14.5. The van der Waals surface area contributed by atoms with E-state index in [4.69, 9.17) is 19.4 Å². The summed E-state index contributed by atoms with van der Waals surface area (Å²) >= 11 is 0. The van der Waals surface area contributed by atoms with Crippen LogP contribution in [0.4, 0.5) is 4.79 Å². The number of carbonyl (C=O) groups is 4. The van der Waals surface area contributed by atoms with Crippen LogP contribution in [0.1, 0.15) is 78.2 Å². The first-order chi connectivity index (χ1) is 25.7. The standard InChI is InChI=1S/C39H48N6O8S/c1-5-25-21-39(25,36(48)44-54(50,51)27-15-16-27)43-33(46)30-20-26-22-45(30)35(47)32(38(2,3)4)42-37(49)52-18-10-9-11-23-14-17-28-29(19-23)41-34(53-26)31(40-28)24-12-7-6-8-13-24/h6-8,12-14,17,19,25-27,30,32H,5,9-11,15-16,18,20-22H2,1-4H3,(H,42,49)(H,43,46)(H,44,48)/t25-,26-,30+,32-,39+/m1/s1. The van der Waals surface area contributed by atoms with Gasteiger partial charge in [0.25, 0.3) is 5.91 Å². The number of ether oxygens (including phenoxy) is 2. The Kier molecular flexibility index (Phi) is 10.0. The van der Waals surface area contributed by atoms with Crippen molar-refractivity contribution < 1.29 is 37.1 Å². The second-order valence-electron chi connectivity index (χ2n) is 16.0. The van der Waals surface area contributed by atoms with E-state index in [-0.39, 0.29) is 37.8 Å². The highest BCUT2D eigenvalue weighted by atomic mass is 32.2. The van der Waals surface area contributed by atoms with Crippen molar-refractivity contribution in [2.24, 2.45) is 11.3 Å². The highest BCUT2D eigenvalue weighted by Crippen LogP contribution is 2.47. The minimum absolute atomic E-state index is 0.0295. The van der Waals surface area contributed by atoms with Crippen LogP contribution >= 0.6 is 0 Å². The van der Waals surface area contributed by atoms with Crippen LogP contribution in [0.2, 0.25) is 0 Å². The van der Waals surface area contributed by atoms with E-state index in [1.165, 1.54) is 4.90 Å². The predicted octanol–water partition coefficient (Wildman–Crippen LogP) is 4.02. The topological polar surface area (TPSA) is 186 Å². The molecule has 14 nitrogen and oxygen atoms in total. The van der Waals surface area contributed by atoms with Crippen LogP contribution in [0.15, 0.2) is 48.5 Å². The molecule has 1 aromatic heterocycles. The van der Waals surface area contributed by atoms with Crippen LogP contribution in [0.5, 0.6) is 5.88 Å². The molecule has 2 aromatic carbocycles. The van der Waals surface area contributed by atoms with Crippen molar-refractivity contribution in [3.05, 3.63) is 54.1 Å². The van der Waals surface area contributed by atoms with Gasteiger partial charge >= 0.3 is 6.09 Å². The number of carbonyl (C=O) groups excluding carboxylic acids is 4. The molecule has 288 valence electrons. The predicted molar refractivity (Wildman–Crippen MR) is 200 cm³/mol. The van der Waals surface area contributed by atoms with Gasteiger partial charge < -0.3 is 25.0 Å². The van der Waals surface area contributed by atoms with Gasteiger partial charge in [-0.15, -0.1) is 0 Å². The summed E-state index contributed by atoms with van der Waals surface area (Å²) in [5.41, 5.74) is 1.38. The van der Waals surface area contributed by atoms with Crippen LogP contribution in [0, 0.1) is 11.3 Å². The number of hydrogen-bond acceptors (Lipinski definition) is 10.